The van der Waals surface area contributed by atoms with Gasteiger partial charge in [-0.1, -0.05) is 0 Å². The number of nitrogens with zero attached hydrogens (tertiary/aromatic N) is 1. The predicted octanol–water partition coefficient (Wildman–Crippen LogP) is 2.63. The molecule has 3 heterocycles. The molecule has 0 bridgehead atoms. The van der Waals surface area contributed by atoms with Crippen molar-refractivity contribution in [1.29, 1.82) is 0 Å². The molecule has 0 aromatic rings. The summed E-state index contributed by atoms with van der Waals surface area (Å²) < 4.78 is 17.4. The third kappa shape index (κ3) is 4.75. The van der Waals surface area contributed by atoms with Gasteiger partial charge in [0, 0.05) is 39.3 Å². The van der Waals surface area contributed by atoms with Gasteiger partial charge < -0.3 is 19.1 Å². The fraction of sp³-hybridized carbons (Fsp3) is 0.950. The van der Waals surface area contributed by atoms with E-state index in [4.69, 9.17) is 14.2 Å². The fourth-order valence-corrected chi connectivity index (χ4v) is 4.56. The molecule has 1 unspecified atom stereocenters. The van der Waals surface area contributed by atoms with Crippen LogP contribution in [-0.4, -0.2) is 63.0 Å². The largest absolute Gasteiger partial charge is 0.381 e. The van der Waals surface area contributed by atoms with Crippen LogP contribution in [0.3, 0.4) is 0 Å². The summed E-state index contributed by atoms with van der Waals surface area (Å²) in [6.45, 7) is 6.03. The highest BCUT2D eigenvalue weighted by atomic mass is 16.5. The van der Waals surface area contributed by atoms with E-state index in [0.29, 0.717) is 23.2 Å². The van der Waals surface area contributed by atoms with Crippen LogP contribution in [0.25, 0.3) is 0 Å². The first-order valence-electron chi connectivity index (χ1n) is 10.3. The molecule has 3 saturated heterocycles. The maximum Gasteiger partial charge on any atom is 0.222 e. The summed E-state index contributed by atoms with van der Waals surface area (Å²) in [7, 11) is 0. The van der Waals surface area contributed by atoms with Gasteiger partial charge in [0.05, 0.1) is 19.3 Å². The van der Waals surface area contributed by atoms with Gasteiger partial charge in [0.15, 0.2) is 0 Å². The highest BCUT2D eigenvalue weighted by Crippen LogP contribution is 2.42. The van der Waals surface area contributed by atoms with Crippen LogP contribution in [0.1, 0.15) is 51.4 Å². The standard InChI is InChI=1S/C20H33NO4/c22-19(11-16-1-2-16)21-7-5-20(6-8-21)12-18(25-15-20)14-24-13-17-3-9-23-10-4-17/h16-18H,1-15H2. The van der Waals surface area contributed by atoms with Crippen molar-refractivity contribution in [2.75, 3.05) is 46.1 Å². The van der Waals surface area contributed by atoms with Crippen LogP contribution in [0, 0.1) is 17.3 Å². The number of carbonyl (C=O) groups is 1. The molecule has 4 rings (SSSR count). The molecule has 5 heteroatoms. The number of ether oxygens (including phenoxy) is 3. The van der Waals surface area contributed by atoms with E-state index in [-0.39, 0.29) is 6.10 Å². The summed E-state index contributed by atoms with van der Waals surface area (Å²) >= 11 is 0. The quantitative estimate of drug-likeness (QED) is 0.738. The van der Waals surface area contributed by atoms with Gasteiger partial charge in [-0.25, -0.2) is 0 Å². The molecule has 0 aromatic heterocycles. The van der Waals surface area contributed by atoms with Crippen LogP contribution in [0.15, 0.2) is 0 Å². The van der Waals surface area contributed by atoms with E-state index in [1.807, 2.05) is 0 Å². The summed E-state index contributed by atoms with van der Waals surface area (Å²) in [5.41, 5.74) is 0.295. The Hall–Kier alpha value is -0.650. The molecular weight excluding hydrogens is 318 g/mol. The van der Waals surface area contributed by atoms with Gasteiger partial charge in [0.2, 0.25) is 5.91 Å². The third-order valence-corrected chi connectivity index (χ3v) is 6.62. The number of rotatable bonds is 6. The number of hydrogen-bond donors (Lipinski definition) is 0. The van der Waals surface area contributed by atoms with E-state index in [9.17, 15) is 4.79 Å². The average Bonchev–Trinajstić information content (AvgIpc) is 3.37. The minimum Gasteiger partial charge on any atom is -0.381 e. The normalized spacial score (nSPS) is 30.1. The lowest BCUT2D eigenvalue weighted by Crippen LogP contribution is -2.43. The van der Waals surface area contributed by atoms with E-state index in [0.717, 1.165) is 84.6 Å². The molecule has 1 spiro atoms. The second-order valence-corrected chi connectivity index (χ2v) is 8.76. The fourth-order valence-electron chi connectivity index (χ4n) is 4.56. The van der Waals surface area contributed by atoms with Crippen LogP contribution in [0.4, 0.5) is 0 Å². The molecule has 3 aliphatic heterocycles. The van der Waals surface area contributed by atoms with Crippen LogP contribution in [0.2, 0.25) is 0 Å². The molecule has 25 heavy (non-hydrogen) atoms. The lowest BCUT2D eigenvalue weighted by atomic mass is 9.76. The second-order valence-electron chi connectivity index (χ2n) is 8.76. The van der Waals surface area contributed by atoms with Crippen LogP contribution in [0.5, 0.6) is 0 Å². The maximum atomic E-state index is 12.3. The third-order valence-electron chi connectivity index (χ3n) is 6.62. The minimum absolute atomic E-state index is 0.244. The first-order valence-corrected chi connectivity index (χ1v) is 10.3. The van der Waals surface area contributed by atoms with Crippen LogP contribution in [-0.2, 0) is 19.0 Å². The predicted molar refractivity (Wildman–Crippen MR) is 94.3 cm³/mol. The molecular formula is C20H33NO4. The number of carbonyl (C=O) groups excluding carboxylic acids is 1. The molecule has 1 aliphatic carbocycles. The van der Waals surface area contributed by atoms with Crippen molar-refractivity contribution in [2.45, 2.75) is 57.5 Å². The van der Waals surface area contributed by atoms with Gasteiger partial charge in [-0.05, 0) is 62.2 Å². The molecule has 5 nitrogen and oxygen atoms in total. The highest BCUT2D eigenvalue weighted by Gasteiger charge is 2.43. The van der Waals surface area contributed by atoms with Crippen LogP contribution < -0.4 is 0 Å². The number of amides is 1. The summed E-state index contributed by atoms with van der Waals surface area (Å²) in [5.74, 6) is 1.73. The molecule has 1 atom stereocenters. The summed E-state index contributed by atoms with van der Waals surface area (Å²) in [5, 5.41) is 0. The molecule has 0 aromatic carbocycles. The Morgan fingerprint density at radius 1 is 1.04 bits per heavy atom. The van der Waals surface area contributed by atoms with E-state index in [1.54, 1.807) is 0 Å². The number of piperidine rings is 1. The van der Waals surface area contributed by atoms with Crippen LogP contribution >= 0.6 is 0 Å². The van der Waals surface area contributed by atoms with Crippen molar-refractivity contribution < 1.29 is 19.0 Å². The van der Waals surface area contributed by atoms with Crippen molar-refractivity contribution in [3.63, 3.8) is 0 Å². The highest BCUT2D eigenvalue weighted by molar-refractivity contribution is 5.76. The van der Waals surface area contributed by atoms with Gasteiger partial charge in [-0.2, -0.15) is 0 Å². The zero-order valence-electron chi connectivity index (χ0n) is 15.4. The van der Waals surface area contributed by atoms with Crippen molar-refractivity contribution in [1.82, 2.24) is 4.90 Å². The van der Waals surface area contributed by atoms with Gasteiger partial charge in [0.25, 0.3) is 0 Å². The van der Waals surface area contributed by atoms with E-state index in [1.165, 1.54) is 12.8 Å². The lowest BCUT2D eigenvalue weighted by Gasteiger charge is -2.38. The summed E-state index contributed by atoms with van der Waals surface area (Å²) in [6, 6.07) is 0. The van der Waals surface area contributed by atoms with E-state index >= 15 is 0 Å². The molecule has 0 N–H and O–H groups in total. The molecule has 1 amide bonds. The first-order chi connectivity index (χ1) is 12.2. The molecule has 4 fully saturated rings. The van der Waals surface area contributed by atoms with Crippen molar-refractivity contribution in [3.05, 3.63) is 0 Å². The summed E-state index contributed by atoms with van der Waals surface area (Å²) in [4.78, 5) is 14.4. The smallest absolute Gasteiger partial charge is 0.222 e. The Labute approximate surface area is 151 Å². The number of hydrogen-bond acceptors (Lipinski definition) is 4. The van der Waals surface area contributed by atoms with E-state index in [2.05, 4.69) is 4.90 Å². The Kier molecular flexibility index (Phi) is 5.63. The van der Waals surface area contributed by atoms with Crippen molar-refractivity contribution >= 4 is 5.91 Å². The Morgan fingerprint density at radius 3 is 2.52 bits per heavy atom. The van der Waals surface area contributed by atoms with Gasteiger partial charge in [-0.15, -0.1) is 0 Å². The molecule has 0 radical (unpaired) electrons. The first kappa shape index (κ1) is 17.7. The zero-order chi connectivity index (χ0) is 17.1. The average molecular weight is 351 g/mol. The molecule has 4 aliphatic rings. The summed E-state index contributed by atoms with van der Waals surface area (Å²) in [6.07, 6.45) is 9.09. The maximum absolute atomic E-state index is 12.3. The molecule has 142 valence electrons. The Morgan fingerprint density at radius 2 is 1.80 bits per heavy atom. The van der Waals surface area contributed by atoms with E-state index < -0.39 is 0 Å². The number of likely N-dealkylation sites (tertiary alicyclic amines) is 1. The van der Waals surface area contributed by atoms with Crippen molar-refractivity contribution in [2.24, 2.45) is 17.3 Å². The van der Waals surface area contributed by atoms with Gasteiger partial charge in [-0.3, -0.25) is 4.79 Å². The van der Waals surface area contributed by atoms with Gasteiger partial charge in [0.1, 0.15) is 0 Å². The molecule has 1 saturated carbocycles. The second kappa shape index (κ2) is 7.93. The monoisotopic (exact) mass is 351 g/mol. The lowest BCUT2D eigenvalue weighted by molar-refractivity contribution is -0.133. The SMILES string of the molecule is O=C(CC1CC1)N1CCC2(CC1)COC(COCC1CCOCC1)C2. The zero-order valence-corrected chi connectivity index (χ0v) is 15.4. The van der Waals surface area contributed by atoms with Gasteiger partial charge >= 0.3 is 0 Å². The Bertz CT molecular complexity index is 451. The minimum atomic E-state index is 0.244. The topological polar surface area (TPSA) is 48.0 Å². The Balaban J connectivity index is 1.15. The van der Waals surface area contributed by atoms with Crippen molar-refractivity contribution in [3.8, 4) is 0 Å².